The Morgan fingerprint density at radius 1 is 1.10 bits per heavy atom. The second kappa shape index (κ2) is 4.43. The Morgan fingerprint density at radius 3 is 2.70 bits per heavy atom. The summed E-state index contributed by atoms with van der Waals surface area (Å²) < 4.78 is 4.55. The van der Waals surface area contributed by atoms with E-state index in [-0.39, 0.29) is 0 Å². The van der Waals surface area contributed by atoms with Crippen molar-refractivity contribution in [2.24, 2.45) is 0 Å². The third-order valence-electron chi connectivity index (χ3n) is 3.39. The van der Waals surface area contributed by atoms with Gasteiger partial charge in [0.25, 0.3) is 0 Å². The molecule has 4 heteroatoms. The van der Waals surface area contributed by atoms with Crippen LogP contribution in [0, 0.1) is 6.92 Å². The second-order valence-corrected chi connectivity index (χ2v) is 6.78. The van der Waals surface area contributed by atoms with Crippen LogP contribution >= 0.6 is 27.3 Å². The van der Waals surface area contributed by atoms with Gasteiger partial charge < -0.3 is 0 Å². The number of fused-ring (bicyclic) bond motifs is 3. The van der Waals surface area contributed by atoms with Gasteiger partial charge in [0.15, 0.2) is 4.96 Å². The molecule has 2 aromatic heterocycles. The fourth-order valence-corrected chi connectivity index (χ4v) is 3.74. The summed E-state index contributed by atoms with van der Waals surface area (Å²) in [5, 5.41) is 0. The number of rotatable bonds is 1. The lowest BCUT2D eigenvalue weighted by Gasteiger charge is -1.96. The molecule has 0 aliphatic heterocycles. The van der Waals surface area contributed by atoms with Gasteiger partial charge in [0.05, 0.1) is 15.9 Å². The minimum Gasteiger partial charge on any atom is -0.290 e. The van der Waals surface area contributed by atoms with Gasteiger partial charge in [-0.1, -0.05) is 45.5 Å². The van der Waals surface area contributed by atoms with Crippen LogP contribution in [0.3, 0.4) is 0 Å². The summed E-state index contributed by atoms with van der Waals surface area (Å²) in [6.07, 6.45) is 2.12. The molecule has 2 heterocycles. The summed E-state index contributed by atoms with van der Waals surface area (Å²) >= 11 is 5.20. The van der Waals surface area contributed by atoms with Crippen LogP contribution in [0.4, 0.5) is 0 Å². The highest BCUT2D eigenvalue weighted by Crippen LogP contribution is 2.30. The average Bonchev–Trinajstić information content (AvgIpc) is 2.96. The average molecular weight is 343 g/mol. The lowest BCUT2D eigenvalue weighted by atomic mass is 10.2. The zero-order chi connectivity index (χ0) is 13.7. The highest BCUT2D eigenvalue weighted by molar-refractivity contribution is 9.10. The highest BCUT2D eigenvalue weighted by atomic mass is 79.9. The molecule has 4 aromatic rings. The Balaban J connectivity index is 1.93. The molecule has 0 N–H and O–H groups in total. The summed E-state index contributed by atoms with van der Waals surface area (Å²) in [6.45, 7) is 2.12. The molecule has 0 spiro atoms. The summed E-state index contributed by atoms with van der Waals surface area (Å²) in [5.74, 6) is 0. The standard InChI is InChI=1S/C16H11BrN2S/c1-10-2-7-14-15(8-10)20-16-18-13(9-19(14)16)11-3-5-12(17)6-4-11/h2-9H,1H3. The second-order valence-electron chi connectivity index (χ2n) is 4.86. The van der Waals surface area contributed by atoms with E-state index in [1.54, 1.807) is 11.3 Å². The predicted octanol–water partition coefficient (Wildman–Crippen LogP) is 5.29. The molecule has 0 unspecified atom stereocenters. The number of halogens is 1. The van der Waals surface area contributed by atoms with E-state index in [4.69, 9.17) is 4.98 Å². The van der Waals surface area contributed by atoms with Crippen molar-refractivity contribution in [3.8, 4) is 11.3 Å². The minimum absolute atomic E-state index is 1.02. The Bertz CT molecular complexity index is 919. The first-order valence-corrected chi connectivity index (χ1v) is 7.96. The van der Waals surface area contributed by atoms with Crippen LogP contribution in [0.1, 0.15) is 5.56 Å². The molecule has 0 saturated heterocycles. The minimum atomic E-state index is 1.02. The molecular formula is C16H11BrN2S. The maximum atomic E-state index is 4.75. The number of imidazole rings is 1. The maximum Gasteiger partial charge on any atom is 0.195 e. The topological polar surface area (TPSA) is 17.3 Å². The van der Waals surface area contributed by atoms with E-state index in [0.717, 1.165) is 20.7 Å². The maximum absolute atomic E-state index is 4.75. The first kappa shape index (κ1) is 12.1. The van der Waals surface area contributed by atoms with E-state index in [1.807, 2.05) is 12.1 Å². The molecule has 98 valence electrons. The zero-order valence-corrected chi connectivity index (χ0v) is 13.2. The first-order valence-electron chi connectivity index (χ1n) is 6.35. The lowest BCUT2D eigenvalue weighted by molar-refractivity contribution is 1.29. The van der Waals surface area contributed by atoms with Crippen LogP contribution in [0.15, 0.2) is 53.1 Å². The molecule has 2 nitrogen and oxygen atoms in total. The number of nitrogens with zero attached hydrogens (tertiary/aromatic N) is 2. The Kier molecular flexibility index (Phi) is 2.69. The Hall–Kier alpha value is -1.65. The summed E-state index contributed by atoms with van der Waals surface area (Å²) in [4.78, 5) is 5.79. The number of aromatic nitrogens is 2. The highest BCUT2D eigenvalue weighted by Gasteiger charge is 2.10. The number of aryl methyl sites for hydroxylation is 1. The SMILES string of the molecule is Cc1ccc2c(c1)sc1nc(-c3ccc(Br)cc3)cn12. The third kappa shape index (κ3) is 1.87. The molecule has 0 aliphatic carbocycles. The number of hydrogen-bond acceptors (Lipinski definition) is 2. The Morgan fingerprint density at radius 2 is 1.90 bits per heavy atom. The first-order chi connectivity index (χ1) is 9.70. The van der Waals surface area contributed by atoms with E-state index >= 15 is 0 Å². The monoisotopic (exact) mass is 342 g/mol. The van der Waals surface area contributed by atoms with Crippen LogP contribution in [-0.2, 0) is 0 Å². The molecule has 0 fully saturated rings. The van der Waals surface area contributed by atoms with Gasteiger partial charge in [-0.25, -0.2) is 4.98 Å². The summed E-state index contributed by atoms with van der Waals surface area (Å²) in [5.41, 5.74) is 4.68. The quantitative estimate of drug-likeness (QED) is 0.459. The third-order valence-corrected chi connectivity index (χ3v) is 4.94. The molecule has 20 heavy (non-hydrogen) atoms. The summed E-state index contributed by atoms with van der Waals surface area (Å²) in [6, 6.07) is 14.8. The fraction of sp³-hybridized carbons (Fsp3) is 0.0625. The fourth-order valence-electron chi connectivity index (χ4n) is 2.37. The smallest absolute Gasteiger partial charge is 0.195 e. The van der Waals surface area contributed by atoms with Crippen LogP contribution in [0.25, 0.3) is 26.4 Å². The van der Waals surface area contributed by atoms with E-state index in [9.17, 15) is 0 Å². The van der Waals surface area contributed by atoms with E-state index in [1.165, 1.54) is 15.8 Å². The van der Waals surface area contributed by atoms with Gasteiger partial charge in [-0.15, -0.1) is 0 Å². The van der Waals surface area contributed by atoms with Crippen LogP contribution in [0.2, 0.25) is 0 Å². The molecule has 0 bridgehead atoms. The summed E-state index contributed by atoms with van der Waals surface area (Å²) in [7, 11) is 0. The van der Waals surface area contributed by atoms with Gasteiger partial charge >= 0.3 is 0 Å². The Labute approximate surface area is 128 Å². The number of benzene rings is 2. The van der Waals surface area contributed by atoms with Gasteiger partial charge in [0.1, 0.15) is 0 Å². The molecule has 0 saturated carbocycles. The predicted molar refractivity (Wildman–Crippen MR) is 88.4 cm³/mol. The van der Waals surface area contributed by atoms with Crippen molar-refractivity contribution in [3.05, 3.63) is 58.7 Å². The van der Waals surface area contributed by atoms with Crippen molar-refractivity contribution in [2.45, 2.75) is 6.92 Å². The van der Waals surface area contributed by atoms with Gasteiger partial charge in [-0.2, -0.15) is 0 Å². The normalized spacial score (nSPS) is 11.5. The van der Waals surface area contributed by atoms with Crippen molar-refractivity contribution in [2.75, 3.05) is 0 Å². The molecule has 0 atom stereocenters. The molecule has 0 radical (unpaired) electrons. The van der Waals surface area contributed by atoms with Gasteiger partial charge in [0, 0.05) is 16.2 Å². The van der Waals surface area contributed by atoms with E-state index in [0.29, 0.717) is 0 Å². The van der Waals surface area contributed by atoms with Gasteiger partial charge in [-0.05, 0) is 36.8 Å². The van der Waals surface area contributed by atoms with Gasteiger partial charge in [-0.3, -0.25) is 4.40 Å². The molecular weight excluding hydrogens is 332 g/mol. The van der Waals surface area contributed by atoms with Gasteiger partial charge in [0.2, 0.25) is 0 Å². The van der Waals surface area contributed by atoms with E-state index < -0.39 is 0 Å². The van der Waals surface area contributed by atoms with E-state index in [2.05, 4.69) is 63.8 Å². The van der Waals surface area contributed by atoms with Crippen molar-refractivity contribution in [1.82, 2.24) is 9.38 Å². The zero-order valence-electron chi connectivity index (χ0n) is 10.8. The van der Waals surface area contributed by atoms with Crippen molar-refractivity contribution >= 4 is 42.4 Å². The van der Waals surface area contributed by atoms with Crippen molar-refractivity contribution < 1.29 is 0 Å². The molecule has 0 aliphatic rings. The van der Waals surface area contributed by atoms with Crippen LogP contribution in [0.5, 0.6) is 0 Å². The molecule has 4 rings (SSSR count). The van der Waals surface area contributed by atoms with Crippen LogP contribution < -0.4 is 0 Å². The van der Waals surface area contributed by atoms with Crippen molar-refractivity contribution in [3.63, 3.8) is 0 Å². The number of thiazole rings is 1. The van der Waals surface area contributed by atoms with Crippen molar-refractivity contribution in [1.29, 1.82) is 0 Å². The lowest BCUT2D eigenvalue weighted by Crippen LogP contribution is -1.78. The number of hydrogen-bond donors (Lipinski definition) is 0. The molecule has 0 amide bonds. The van der Waals surface area contributed by atoms with Crippen LogP contribution in [-0.4, -0.2) is 9.38 Å². The molecule has 2 aromatic carbocycles. The largest absolute Gasteiger partial charge is 0.290 e.